The molecule has 5 nitrogen and oxygen atoms in total. The third-order valence-electron chi connectivity index (χ3n) is 3.17. The minimum Gasteiger partial charge on any atom is -0.347 e. The van der Waals surface area contributed by atoms with E-state index in [1.54, 1.807) is 18.2 Å². The first-order chi connectivity index (χ1) is 10.1. The summed E-state index contributed by atoms with van der Waals surface area (Å²) in [5.41, 5.74) is 3.62. The van der Waals surface area contributed by atoms with Crippen LogP contribution in [-0.4, -0.2) is 22.6 Å². The van der Waals surface area contributed by atoms with Gasteiger partial charge >= 0.3 is 0 Å². The van der Waals surface area contributed by atoms with Crippen molar-refractivity contribution in [3.63, 3.8) is 0 Å². The molecule has 1 aromatic carbocycles. The summed E-state index contributed by atoms with van der Waals surface area (Å²) >= 11 is 0. The fraction of sp³-hybridized carbons (Fsp3) is 0.188. The smallest absolute Gasteiger partial charge is 0.272 e. The van der Waals surface area contributed by atoms with Gasteiger partial charge in [-0.3, -0.25) is 4.79 Å². The monoisotopic (exact) mass is 282 g/mol. The third-order valence-corrected chi connectivity index (χ3v) is 3.17. The standard InChI is InChI=1S/C16H18N4O/c1-4-10-17-16(21)14-8-9-15(20-19-14)18-13-7-5-6-11(2)12(13)3/h4-9H,1,10H2,2-3H3,(H,17,21)(H,18,20). The van der Waals surface area contributed by atoms with E-state index in [2.05, 4.69) is 40.4 Å². The molecule has 5 heteroatoms. The second-order valence-corrected chi connectivity index (χ2v) is 4.67. The molecule has 108 valence electrons. The predicted octanol–water partition coefficient (Wildman–Crippen LogP) is 2.75. The van der Waals surface area contributed by atoms with E-state index in [9.17, 15) is 4.79 Å². The van der Waals surface area contributed by atoms with Gasteiger partial charge in [-0.05, 0) is 43.2 Å². The first-order valence-corrected chi connectivity index (χ1v) is 6.68. The molecule has 0 aliphatic heterocycles. The Morgan fingerprint density at radius 1 is 1.24 bits per heavy atom. The lowest BCUT2D eigenvalue weighted by Crippen LogP contribution is -2.24. The fourth-order valence-corrected chi connectivity index (χ4v) is 1.80. The van der Waals surface area contributed by atoms with Gasteiger partial charge in [-0.25, -0.2) is 0 Å². The highest BCUT2D eigenvalue weighted by molar-refractivity contribution is 5.92. The highest BCUT2D eigenvalue weighted by atomic mass is 16.1. The maximum atomic E-state index is 11.7. The molecule has 0 spiro atoms. The Morgan fingerprint density at radius 3 is 2.71 bits per heavy atom. The summed E-state index contributed by atoms with van der Waals surface area (Å²) in [5.74, 6) is 0.338. The molecule has 0 saturated carbocycles. The van der Waals surface area contributed by atoms with Crippen LogP contribution in [0.3, 0.4) is 0 Å². The first-order valence-electron chi connectivity index (χ1n) is 6.68. The Bertz CT molecular complexity index is 650. The first kappa shape index (κ1) is 14.7. The maximum absolute atomic E-state index is 11.7. The Kier molecular flexibility index (Phi) is 4.66. The lowest BCUT2D eigenvalue weighted by atomic mass is 10.1. The average molecular weight is 282 g/mol. The second-order valence-electron chi connectivity index (χ2n) is 4.67. The number of carbonyl (C=O) groups excluding carboxylic acids is 1. The van der Waals surface area contributed by atoms with Gasteiger partial charge < -0.3 is 10.6 Å². The third kappa shape index (κ3) is 3.66. The molecule has 0 fully saturated rings. The molecule has 1 aromatic heterocycles. The zero-order chi connectivity index (χ0) is 15.2. The number of hydrogen-bond acceptors (Lipinski definition) is 4. The van der Waals surface area contributed by atoms with Gasteiger partial charge in [0.2, 0.25) is 0 Å². The summed E-state index contributed by atoms with van der Waals surface area (Å²) < 4.78 is 0. The Balaban J connectivity index is 2.10. The van der Waals surface area contributed by atoms with Crippen LogP contribution >= 0.6 is 0 Å². The summed E-state index contributed by atoms with van der Waals surface area (Å²) in [5, 5.41) is 13.8. The normalized spacial score (nSPS) is 10.0. The van der Waals surface area contributed by atoms with Crippen LogP contribution in [0.5, 0.6) is 0 Å². The number of amides is 1. The highest BCUT2D eigenvalue weighted by Gasteiger charge is 2.07. The quantitative estimate of drug-likeness (QED) is 0.827. The van der Waals surface area contributed by atoms with Gasteiger partial charge in [0, 0.05) is 12.2 Å². The Hall–Kier alpha value is -2.69. The van der Waals surface area contributed by atoms with Crippen molar-refractivity contribution in [2.45, 2.75) is 13.8 Å². The van der Waals surface area contributed by atoms with E-state index in [1.165, 1.54) is 5.56 Å². The van der Waals surface area contributed by atoms with Gasteiger partial charge in [-0.1, -0.05) is 18.2 Å². The van der Waals surface area contributed by atoms with Crippen molar-refractivity contribution < 1.29 is 4.79 Å². The van der Waals surface area contributed by atoms with Crippen molar-refractivity contribution in [3.05, 3.63) is 59.8 Å². The summed E-state index contributed by atoms with van der Waals surface area (Å²) in [7, 11) is 0. The molecule has 0 bridgehead atoms. The van der Waals surface area contributed by atoms with Crippen LogP contribution in [0.25, 0.3) is 0 Å². The van der Waals surface area contributed by atoms with Crippen LogP contribution in [0.15, 0.2) is 43.0 Å². The van der Waals surface area contributed by atoms with Gasteiger partial charge in [-0.15, -0.1) is 16.8 Å². The lowest BCUT2D eigenvalue weighted by molar-refractivity contribution is 0.0952. The van der Waals surface area contributed by atoms with E-state index in [-0.39, 0.29) is 11.6 Å². The number of benzene rings is 1. The van der Waals surface area contributed by atoms with Gasteiger partial charge in [-0.2, -0.15) is 0 Å². The molecule has 1 amide bonds. The van der Waals surface area contributed by atoms with E-state index < -0.39 is 0 Å². The van der Waals surface area contributed by atoms with Crippen molar-refractivity contribution in [1.82, 2.24) is 15.5 Å². The summed E-state index contributed by atoms with van der Waals surface area (Å²) in [6.07, 6.45) is 1.61. The molecule has 0 unspecified atom stereocenters. The number of anilines is 2. The topological polar surface area (TPSA) is 66.9 Å². The van der Waals surface area contributed by atoms with E-state index in [0.29, 0.717) is 12.4 Å². The molecule has 0 atom stereocenters. The molecule has 0 aliphatic rings. The minimum atomic E-state index is -0.263. The van der Waals surface area contributed by atoms with Crippen LogP contribution in [0.1, 0.15) is 21.6 Å². The van der Waals surface area contributed by atoms with Crippen molar-refractivity contribution in [3.8, 4) is 0 Å². The number of nitrogens with zero attached hydrogens (tertiary/aromatic N) is 2. The maximum Gasteiger partial charge on any atom is 0.272 e. The number of carbonyl (C=O) groups is 1. The summed E-state index contributed by atoms with van der Waals surface area (Å²) in [4.78, 5) is 11.7. The van der Waals surface area contributed by atoms with E-state index in [4.69, 9.17) is 0 Å². The van der Waals surface area contributed by atoms with Crippen LogP contribution in [0.4, 0.5) is 11.5 Å². The van der Waals surface area contributed by atoms with Crippen molar-refractivity contribution >= 4 is 17.4 Å². The summed E-state index contributed by atoms with van der Waals surface area (Å²) in [6, 6.07) is 9.39. The molecule has 2 N–H and O–H groups in total. The largest absolute Gasteiger partial charge is 0.347 e. The van der Waals surface area contributed by atoms with Crippen molar-refractivity contribution in [2.75, 3.05) is 11.9 Å². The van der Waals surface area contributed by atoms with E-state index in [0.717, 1.165) is 11.3 Å². The average Bonchev–Trinajstić information content (AvgIpc) is 2.50. The molecule has 1 heterocycles. The summed E-state index contributed by atoms with van der Waals surface area (Å²) in [6.45, 7) is 8.05. The second kappa shape index (κ2) is 6.65. The van der Waals surface area contributed by atoms with Gasteiger partial charge in [0.05, 0.1) is 0 Å². The van der Waals surface area contributed by atoms with Crippen LogP contribution < -0.4 is 10.6 Å². The van der Waals surface area contributed by atoms with E-state index >= 15 is 0 Å². The molecule has 2 aromatic rings. The molecule has 0 aliphatic carbocycles. The molecule has 0 saturated heterocycles. The van der Waals surface area contributed by atoms with Gasteiger partial charge in [0.1, 0.15) is 0 Å². The fourth-order valence-electron chi connectivity index (χ4n) is 1.80. The predicted molar refractivity (Wildman–Crippen MR) is 83.8 cm³/mol. The number of nitrogens with one attached hydrogen (secondary N) is 2. The molecule has 2 rings (SSSR count). The molecular formula is C16H18N4O. The number of rotatable bonds is 5. The zero-order valence-corrected chi connectivity index (χ0v) is 12.2. The van der Waals surface area contributed by atoms with Gasteiger partial charge in [0.25, 0.3) is 5.91 Å². The van der Waals surface area contributed by atoms with Crippen LogP contribution in [0, 0.1) is 13.8 Å². The Labute approximate surface area is 124 Å². The SMILES string of the molecule is C=CCNC(=O)c1ccc(Nc2cccc(C)c2C)nn1. The molecular weight excluding hydrogens is 264 g/mol. The van der Waals surface area contributed by atoms with Crippen LogP contribution in [0.2, 0.25) is 0 Å². The number of hydrogen-bond donors (Lipinski definition) is 2. The van der Waals surface area contributed by atoms with Crippen molar-refractivity contribution in [1.29, 1.82) is 0 Å². The Morgan fingerprint density at radius 2 is 2.05 bits per heavy atom. The van der Waals surface area contributed by atoms with Crippen molar-refractivity contribution in [2.24, 2.45) is 0 Å². The molecule has 0 radical (unpaired) electrons. The lowest BCUT2D eigenvalue weighted by Gasteiger charge is -2.10. The number of aromatic nitrogens is 2. The zero-order valence-electron chi connectivity index (χ0n) is 12.2. The number of aryl methyl sites for hydroxylation is 1. The van der Waals surface area contributed by atoms with Crippen LogP contribution in [-0.2, 0) is 0 Å². The highest BCUT2D eigenvalue weighted by Crippen LogP contribution is 2.21. The minimum absolute atomic E-state index is 0.263. The molecule has 21 heavy (non-hydrogen) atoms. The van der Waals surface area contributed by atoms with Gasteiger partial charge in [0.15, 0.2) is 11.5 Å². The van der Waals surface area contributed by atoms with E-state index in [1.807, 2.05) is 19.1 Å².